The molecule has 2 aromatic rings. The third-order valence-electron chi connectivity index (χ3n) is 5.10. The Balaban J connectivity index is 1.64. The second-order valence-corrected chi connectivity index (χ2v) is 9.06. The zero-order valence-corrected chi connectivity index (χ0v) is 16.8. The van der Waals surface area contributed by atoms with Crippen LogP contribution >= 0.6 is 0 Å². The topological polar surface area (TPSA) is 90.3 Å². The predicted octanol–water partition coefficient (Wildman–Crippen LogP) is 3.21. The summed E-state index contributed by atoms with van der Waals surface area (Å²) in [4.78, 5) is 12.8. The molecule has 1 N–H and O–H groups in total. The van der Waals surface area contributed by atoms with Crippen molar-refractivity contribution in [3.63, 3.8) is 0 Å². The number of anilines is 1. The maximum absolute atomic E-state index is 12.8. The lowest BCUT2D eigenvalue weighted by molar-refractivity contribution is -0.120. The first-order valence-electron chi connectivity index (χ1n) is 9.19. The van der Waals surface area contributed by atoms with Gasteiger partial charge in [-0.2, -0.15) is 9.57 Å². The lowest BCUT2D eigenvalue weighted by atomic mass is 9.97. The van der Waals surface area contributed by atoms with Gasteiger partial charge in [-0.25, -0.2) is 8.42 Å². The molecule has 0 bridgehead atoms. The second-order valence-electron chi connectivity index (χ2n) is 7.12. The van der Waals surface area contributed by atoms with Crippen LogP contribution in [0, 0.1) is 31.1 Å². The van der Waals surface area contributed by atoms with Gasteiger partial charge in [0.2, 0.25) is 15.9 Å². The molecule has 1 saturated heterocycles. The number of benzene rings is 2. The summed E-state index contributed by atoms with van der Waals surface area (Å²) in [5.41, 5.74) is 3.29. The lowest BCUT2D eigenvalue weighted by Gasteiger charge is -2.30. The standard InChI is InChI=1S/C21H23N3O3S/c1-15-3-4-16(2)20(13-15)23-21(25)18-9-11-24(12-10-18)28(26,27)19-7-5-17(14-22)6-8-19/h3-8,13,18H,9-12H2,1-2H3,(H,23,25). The minimum atomic E-state index is -3.62. The Morgan fingerprint density at radius 3 is 2.36 bits per heavy atom. The summed E-state index contributed by atoms with van der Waals surface area (Å²) in [6.45, 7) is 4.52. The van der Waals surface area contributed by atoms with Crippen LogP contribution in [-0.4, -0.2) is 31.7 Å². The number of carbonyl (C=O) groups is 1. The van der Waals surface area contributed by atoms with Crippen LogP contribution in [0.1, 0.15) is 29.5 Å². The summed E-state index contributed by atoms with van der Waals surface area (Å²) in [6, 6.07) is 13.8. The highest BCUT2D eigenvalue weighted by Gasteiger charge is 2.32. The molecule has 0 unspecified atom stereocenters. The summed E-state index contributed by atoms with van der Waals surface area (Å²) >= 11 is 0. The zero-order valence-electron chi connectivity index (χ0n) is 16.0. The number of aryl methyl sites for hydroxylation is 2. The van der Waals surface area contributed by atoms with Crippen molar-refractivity contribution in [2.45, 2.75) is 31.6 Å². The molecule has 28 heavy (non-hydrogen) atoms. The van der Waals surface area contributed by atoms with E-state index >= 15 is 0 Å². The molecule has 1 aliphatic heterocycles. The number of hydrogen-bond donors (Lipinski definition) is 1. The van der Waals surface area contributed by atoms with E-state index < -0.39 is 10.0 Å². The van der Waals surface area contributed by atoms with Crippen LogP contribution in [0.3, 0.4) is 0 Å². The summed E-state index contributed by atoms with van der Waals surface area (Å²) in [5.74, 6) is -0.281. The molecule has 6 nitrogen and oxygen atoms in total. The Labute approximate surface area is 165 Å². The van der Waals surface area contributed by atoms with Crippen LogP contribution in [0.25, 0.3) is 0 Å². The normalized spacial score (nSPS) is 15.8. The van der Waals surface area contributed by atoms with Crippen molar-refractivity contribution in [2.24, 2.45) is 5.92 Å². The van der Waals surface area contributed by atoms with Crippen LogP contribution < -0.4 is 5.32 Å². The van der Waals surface area contributed by atoms with Gasteiger partial charge in [-0.3, -0.25) is 4.79 Å². The molecular weight excluding hydrogens is 374 g/mol. The van der Waals surface area contributed by atoms with Gasteiger partial charge >= 0.3 is 0 Å². The van der Waals surface area contributed by atoms with Gasteiger partial charge in [0.25, 0.3) is 0 Å². The van der Waals surface area contributed by atoms with E-state index in [2.05, 4.69) is 5.32 Å². The van der Waals surface area contributed by atoms with E-state index in [0.29, 0.717) is 31.5 Å². The van der Waals surface area contributed by atoms with Crippen molar-refractivity contribution in [1.82, 2.24) is 4.31 Å². The first-order valence-corrected chi connectivity index (χ1v) is 10.6. The fraction of sp³-hybridized carbons (Fsp3) is 0.333. The quantitative estimate of drug-likeness (QED) is 0.858. The maximum atomic E-state index is 12.8. The molecule has 0 spiro atoms. The fourth-order valence-electron chi connectivity index (χ4n) is 3.31. The summed E-state index contributed by atoms with van der Waals surface area (Å²) in [5, 5.41) is 11.8. The van der Waals surface area contributed by atoms with Crippen LogP contribution in [0.15, 0.2) is 47.4 Å². The Bertz CT molecular complexity index is 1020. The Morgan fingerprint density at radius 1 is 1.11 bits per heavy atom. The highest BCUT2D eigenvalue weighted by molar-refractivity contribution is 7.89. The molecule has 1 heterocycles. The fourth-order valence-corrected chi connectivity index (χ4v) is 4.78. The minimum Gasteiger partial charge on any atom is -0.326 e. The maximum Gasteiger partial charge on any atom is 0.243 e. The molecule has 1 aliphatic rings. The molecule has 0 aromatic heterocycles. The number of piperidine rings is 1. The van der Waals surface area contributed by atoms with Gasteiger partial charge < -0.3 is 5.32 Å². The number of hydrogen-bond acceptors (Lipinski definition) is 4. The Kier molecular flexibility index (Phi) is 5.82. The van der Waals surface area contributed by atoms with Crippen LogP contribution in [0.5, 0.6) is 0 Å². The van der Waals surface area contributed by atoms with E-state index in [1.807, 2.05) is 38.1 Å². The molecule has 0 aliphatic carbocycles. The number of rotatable bonds is 4. The number of nitriles is 1. The van der Waals surface area contributed by atoms with Crippen LogP contribution in [0.2, 0.25) is 0 Å². The van der Waals surface area contributed by atoms with Crippen molar-refractivity contribution in [3.05, 3.63) is 59.2 Å². The van der Waals surface area contributed by atoms with E-state index in [1.165, 1.54) is 28.6 Å². The SMILES string of the molecule is Cc1ccc(C)c(NC(=O)C2CCN(S(=O)(=O)c3ccc(C#N)cc3)CC2)c1. The van der Waals surface area contributed by atoms with Crippen molar-refractivity contribution < 1.29 is 13.2 Å². The van der Waals surface area contributed by atoms with Gasteiger partial charge in [0, 0.05) is 24.7 Å². The van der Waals surface area contributed by atoms with Gasteiger partial charge in [-0.15, -0.1) is 0 Å². The van der Waals surface area contributed by atoms with E-state index in [9.17, 15) is 13.2 Å². The highest BCUT2D eigenvalue weighted by atomic mass is 32.2. The highest BCUT2D eigenvalue weighted by Crippen LogP contribution is 2.26. The number of carbonyl (C=O) groups excluding carboxylic acids is 1. The molecule has 1 amide bonds. The molecule has 3 rings (SSSR count). The van der Waals surface area contributed by atoms with Crippen molar-refractivity contribution in [3.8, 4) is 6.07 Å². The number of amides is 1. The monoisotopic (exact) mass is 397 g/mol. The average Bonchev–Trinajstić information content (AvgIpc) is 2.71. The molecule has 2 aromatic carbocycles. The van der Waals surface area contributed by atoms with Gasteiger partial charge in [0.15, 0.2) is 0 Å². The zero-order chi connectivity index (χ0) is 20.3. The molecule has 7 heteroatoms. The molecule has 1 fully saturated rings. The van der Waals surface area contributed by atoms with E-state index in [1.54, 1.807) is 0 Å². The van der Waals surface area contributed by atoms with Crippen LogP contribution in [-0.2, 0) is 14.8 Å². The van der Waals surface area contributed by atoms with E-state index in [-0.39, 0.29) is 16.7 Å². The van der Waals surface area contributed by atoms with Crippen LogP contribution in [0.4, 0.5) is 5.69 Å². The summed E-state index contributed by atoms with van der Waals surface area (Å²) in [7, 11) is -3.62. The van der Waals surface area contributed by atoms with Gasteiger partial charge in [0.1, 0.15) is 0 Å². The number of nitrogens with one attached hydrogen (secondary N) is 1. The second kappa shape index (κ2) is 8.13. The average molecular weight is 398 g/mol. The van der Waals surface area contributed by atoms with E-state index in [4.69, 9.17) is 5.26 Å². The first-order chi connectivity index (χ1) is 13.3. The third-order valence-corrected chi connectivity index (χ3v) is 7.01. The largest absolute Gasteiger partial charge is 0.326 e. The van der Waals surface area contributed by atoms with Gasteiger partial charge in [-0.1, -0.05) is 12.1 Å². The Hall–Kier alpha value is -2.69. The summed E-state index contributed by atoms with van der Waals surface area (Å²) in [6.07, 6.45) is 0.957. The molecule has 0 radical (unpaired) electrons. The minimum absolute atomic E-state index is 0.0656. The first kappa shape index (κ1) is 20.1. The van der Waals surface area contributed by atoms with Crippen molar-refractivity contribution in [2.75, 3.05) is 18.4 Å². The molecule has 0 atom stereocenters. The lowest BCUT2D eigenvalue weighted by Crippen LogP contribution is -2.41. The molecule has 146 valence electrons. The summed E-state index contributed by atoms with van der Waals surface area (Å²) < 4.78 is 27.0. The number of nitrogens with zero attached hydrogens (tertiary/aromatic N) is 2. The third kappa shape index (κ3) is 4.24. The van der Waals surface area contributed by atoms with Crippen molar-refractivity contribution in [1.29, 1.82) is 5.26 Å². The Morgan fingerprint density at radius 2 is 1.75 bits per heavy atom. The molecular formula is C21H23N3O3S. The van der Waals surface area contributed by atoms with Gasteiger partial charge in [0.05, 0.1) is 16.5 Å². The van der Waals surface area contributed by atoms with Crippen molar-refractivity contribution >= 4 is 21.6 Å². The van der Waals surface area contributed by atoms with Gasteiger partial charge in [-0.05, 0) is 68.1 Å². The number of sulfonamides is 1. The smallest absolute Gasteiger partial charge is 0.243 e. The molecule has 0 saturated carbocycles. The van der Waals surface area contributed by atoms with E-state index in [0.717, 1.165) is 16.8 Å². The predicted molar refractivity (Wildman–Crippen MR) is 107 cm³/mol.